The van der Waals surface area contributed by atoms with Gasteiger partial charge in [0.25, 0.3) is 0 Å². The monoisotopic (exact) mass is 491 g/mol. The molecule has 10 nitrogen and oxygen atoms in total. The predicted molar refractivity (Wildman–Crippen MR) is 125 cm³/mol. The van der Waals surface area contributed by atoms with E-state index in [4.69, 9.17) is 29.1 Å². The number of allylic oxidation sites excluding steroid dienone is 3. The number of ketones is 1. The van der Waals surface area contributed by atoms with Gasteiger partial charge in [0.2, 0.25) is 5.88 Å². The molecule has 0 saturated carbocycles. The number of nitrogens with two attached hydrogens (primary N) is 1. The number of hydrogen-bond donors (Lipinski definition) is 1. The van der Waals surface area contributed by atoms with Crippen LogP contribution in [0.5, 0.6) is 11.5 Å². The second-order valence-corrected chi connectivity index (χ2v) is 8.68. The number of carbonyl (C=O) groups is 2. The van der Waals surface area contributed by atoms with E-state index in [-0.39, 0.29) is 41.1 Å². The van der Waals surface area contributed by atoms with Gasteiger partial charge in [-0.25, -0.2) is 4.79 Å². The fourth-order valence-corrected chi connectivity index (χ4v) is 4.82. The molecule has 0 unspecified atom stereocenters. The second kappa shape index (κ2) is 9.79. The number of benzene rings is 1. The lowest BCUT2D eigenvalue weighted by Crippen LogP contribution is -2.42. The SMILES string of the molecule is COc1cc([C@@H]2C(C#N)=C(N)OC3=C2C(=O)C[C@@H](c2ccco2)C3)ccc1OC(=O)N1CCOCC1. The van der Waals surface area contributed by atoms with E-state index in [2.05, 4.69) is 6.07 Å². The first-order valence-corrected chi connectivity index (χ1v) is 11.6. The maximum absolute atomic E-state index is 13.4. The number of ether oxygens (including phenoxy) is 4. The van der Waals surface area contributed by atoms with Crippen LogP contribution in [0.2, 0.25) is 0 Å². The molecule has 2 aliphatic heterocycles. The highest BCUT2D eigenvalue weighted by Crippen LogP contribution is 2.47. The van der Waals surface area contributed by atoms with Gasteiger partial charge in [0.15, 0.2) is 17.3 Å². The minimum absolute atomic E-state index is 0.0454. The van der Waals surface area contributed by atoms with Crippen LogP contribution in [0.4, 0.5) is 4.79 Å². The molecule has 2 atom stereocenters. The Kier molecular flexibility index (Phi) is 6.40. The van der Waals surface area contributed by atoms with Gasteiger partial charge in [-0.3, -0.25) is 4.79 Å². The Morgan fingerprint density at radius 2 is 2.00 bits per heavy atom. The first kappa shape index (κ1) is 23.5. The van der Waals surface area contributed by atoms with Gasteiger partial charge in [-0.15, -0.1) is 0 Å². The quantitative estimate of drug-likeness (QED) is 0.682. The summed E-state index contributed by atoms with van der Waals surface area (Å²) >= 11 is 0. The summed E-state index contributed by atoms with van der Waals surface area (Å²) in [5.74, 6) is 0.521. The first-order chi connectivity index (χ1) is 17.5. The molecule has 36 heavy (non-hydrogen) atoms. The van der Waals surface area contributed by atoms with Crippen LogP contribution in [-0.4, -0.2) is 50.2 Å². The number of rotatable bonds is 4. The van der Waals surface area contributed by atoms with Crippen molar-refractivity contribution in [2.45, 2.75) is 24.7 Å². The summed E-state index contributed by atoms with van der Waals surface area (Å²) in [6.07, 6.45) is 1.69. The Morgan fingerprint density at radius 3 is 2.69 bits per heavy atom. The zero-order valence-corrected chi connectivity index (χ0v) is 19.7. The van der Waals surface area contributed by atoms with Crippen molar-refractivity contribution in [2.24, 2.45) is 5.73 Å². The second-order valence-electron chi connectivity index (χ2n) is 8.68. The third kappa shape index (κ3) is 4.29. The van der Waals surface area contributed by atoms with Crippen LogP contribution >= 0.6 is 0 Å². The van der Waals surface area contributed by atoms with Gasteiger partial charge in [-0.2, -0.15) is 5.26 Å². The highest BCUT2D eigenvalue weighted by molar-refractivity contribution is 6.00. The van der Waals surface area contributed by atoms with Crippen molar-refractivity contribution in [1.82, 2.24) is 4.90 Å². The van der Waals surface area contributed by atoms with Crippen molar-refractivity contribution in [1.29, 1.82) is 5.26 Å². The maximum Gasteiger partial charge on any atom is 0.415 e. The topological polar surface area (TPSA) is 137 Å². The van der Waals surface area contributed by atoms with Gasteiger partial charge in [-0.1, -0.05) is 6.07 Å². The number of Topliss-reactive ketones (excluding diaryl/α,β-unsaturated/α-hetero) is 1. The molecule has 2 N–H and O–H groups in total. The number of amides is 1. The fourth-order valence-electron chi connectivity index (χ4n) is 4.82. The Hall–Kier alpha value is -4.23. The van der Waals surface area contributed by atoms with E-state index in [0.29, 0.717) is 55.4 Å². The molecule has 0 spiro atoms. The lowest BCUT2D eigenvalue weighted by Gasteiger charge is -2.33. The Morgan fingerprint density at radius 1 is 1.19 bits per heavy atom. The van der Waals surface area contributed by atoms with Crippen molar-refractivity contribution in [3.05, 3.63) is 70.7 Å². The molecule has 2 aromatic rings. The molecule has 1 saturated heterocycles. The average Bonchev–Trinajstić information content (AvgIpc) is 3.44. The Labute approximate surface area is 207 Å². The molecule has 1 fully saturated rings. The van der Waals surface area contributed by atoms with Crippen molar-refractivity contribution < 1.29 is 33.0 Å². The van der Waals surface area contributed by atoms with Crippen LogP contribution in [0.15, 0.2) is 63.8 Å². The average molecular weight is 492 g/mol. The normalized spacial score (nSPS) is 22.0. The lowest BCUT2D eigenvalue weighted by molar-refractivity contribution is -0.117. The number of nitrogens with zero attached hydrogens (tertiary/aromatic N) is 2. The van der Waals surface area contributed by atoms with Crippen LogP contribution in [0.1, 0.15) is 36.0 Å². The lowest BCUT2D eigenvalue weighted by atomic mass is 9.74. The molecule has 10 heteroatoms. The number of methoxy groups -OCH3 is 1. The molecule has 1 aliphatic carbocycles. The number of furan rings is 1. The van der Waals surface area contributed by atoms with Crippen molar-refractivity contribution in [2.75, 3.05) is 33.4 Å². The molecule has 1 aromatic carbocycles. The van der Waals surface area contributed by atoms with E-state index in [0.717, 1.165) is 0 Å². The van der Waals surface area contributed by atoms with E-state index in [1.54, 1.807) is 35.4 Å². The number of carbonyl (C=O) groups excluding carboxylic acids is 2. The van der Waals surface area contributed by atoms with Crippen molar-refractivity contribution in [3.63, 3.8) is 0 Å². The molecular formula is C26H25N3O7. The van der Waals surface area contributed by atoms with Gasteiger partial charge in [0, 0.05) is 37.4 Å². The van der Waals surface area contributed by atoms with E-state index in [1.807, 2.05) is 6.07 Å². The van der Waals surface area contributed by atoms with Crippen LogP contribution in [0.25, 0.3) is 0 Å². The van der Waals surface area contributed by atoms with Crippen molar-refractivity contribution >= 4 is 11.9 Å². The van der Waals surface area contributed by atoms with E-state index in [9.17, 15) is 14.9 Å². The molecule has 1 amide bonds. The fraction of sp³-hybridized carbons (Fsp3) is 0.346. The third-order valence-corrected chi connectivity index (χ3v) is 6.59. The number of hydrogen-bond acceptors (Lipinski definition) is 9. The summed E-state index contributed by atoms with van der Waals surface area (Å²) in [6.45, 7) is 1.78. The van der Waals surface area contributed by atoms with Gasteiger partial charge < -0.3 is 34.0 Å². The third-order valence-electron chi connectivity index (χ3n) is 6.59. The Balaban J connectivity index is 1.48. The minimum Gasteiger partial charge on any atom is -0.493 e. The zero-order chi connectivity index (χ0) is 25.2. The molecule has 5 rings (SSSR count). The summed E-state index contributed by atoms with van der Waals surface area (Å²) in [5, 5.41) is 9.88. The standard InChI is InChI=1S/C26H25N3O7/c1-32-21-12-15(4-5-20(21)36-26(31)29-6-9-33-10-7-29)23-17(14-27)25(28)35-22-13-16(11-18(30)24(22)23)19-3-2-8-34-19/h2-5,8,12,16,23H,6-7,9-11,13,28H2,1H3/t16-,23-/m1/s1. The molecule has 186 valence electrons. The van der Waals surface area contributed by atoms with E-state index >= 15 is 0 Å². The molecule has 3 heterocycles. The number of nitriles is 1. The van der Waals surface area contributed by atoms with Crippen molar-refractivity contribution in [3.8, 4) is 17.6 Å². The van der Waals surface area contributed by atoms with Gasteiger partial charge in [0.05, 0.1) is 32.5 Å². The minimum atomic E-state index is -0.735. The van der Waals surface area contributed by atoms with Crippen LogP contribution < -0.4 is 15.2 Å². The Bertz CT molecular complexity index is 1280. The highest BCUT2D eigenvalue weighted by Gasteiger charge is 2.41. The first-order valence-electron chi connectivity index (χ1n) is 11.6. The smallest absolute Gasteiger partial charge is 0.415 e. The molecule has 0 bridgehead atoms. The summed E-state index contributed by atoms with van der Waals surface area (Å²) in [6, 6.07) is 10.6. The molecule has 3 aliphatic rings. The molecule has 1 aromatic heterocycles. The van der Waals surface area contributed by atoms with E-state index < -0.39 is 12.0 Å². The summed E-state index contributed by atoms with van der Waals surface area (Å²) < 4.78 is 27.6. The largest absolute Gasteiger partial charge is 0.493 e. The summed E-state index contributed by atoms with van der Waals surface area (Å²) in [5.41, 5.74) is 7.26. The molecular weight excluding hydrogens is 466 g/mol. The maximum atomic E-state index is 13.4. The van der Waals surface area contributed by atoms with Gasteiger partial charge in [0.1, 0.15) is 23.2 Å². The summed E-state index contributed by atoms with van der Waals surface area (Å²) in [7, 11) is 1.45. The zero-order valence-electron chi connectivity index (χ0n) is 19.7. The van der Waals surface area contributed by atoms with Gasteiger partial charge >= 0.3 is 6.09 Å². The van der Waals surface area contributed by atoms with Gasteiger partial charge in [-0.05, 0) is 29.8 Å². The van der Waals surface area contributed by atoms with Crippen LogP contribution in [0.3, 0.4) is 0 Å². The van der Waals surface area contributed by atoms with Crippen LogP contribution in [-0.2, 0) is 14.3 Å². The molecule has 0 radical (unpaired) electrons. The van der Waals surface area contributed by atoms with Crippen LogP contribution in [0, 0.1) is 11.3 Å². The highest BCUT2D eigenvalue weighted by atomic mass is 16.6. The predicted octanol–water partition coefficient (Wildman–Crippen LogP) is 3.33. The van der Waals surface area contributed by atoms with E-state index in [1.165, 1.54) is 7.11 Å². The number of morpholine rings is 1. The summed E-state index contributed by atoms with van der Waals surface area (Å²) in [4.78, 5) is 27.5.